The van der Waals surface area contributed by atoms with E-state index in [1.165, 1.54) is 23.5 Å². The van der Waals surface area contributed by atoms with E-state index < -0.39 is 22.0 Å². The van der Waals surface area contributed by atoms with E-state index in [1.54, 1.807) is 0 Å². The Morgan fingerprint density at radius 1 is 1.48 bits per heavy atom. The van der Waals surface area contributed by atoms with Crippen LogP contribution in [0.1, 0.15) is 23.2 Å². The van der Waals surface area contributed by atoms with Crippen LogP contribution in [-0.2, 0) is 10.0 Å². The number of carboxylic acids is 1. The van der Waals surface area contributed by atoms with Crippen molar-refractivity contribution >= 4 is 16.0 Å². The normalized spacial score (nSPS) is 19.6. The van der Waals surface area contributed by atoms with E-state index in [4.69, 9.17) is 9.84 Å². The Hall–Kier alpha value is -1.64. The highest BCUT2D eigenvalue weighted by Gasteiger charge is 2.36. The van der Waals surface area contributed by atoms with Crippen LogP contribution < -0.4 is 4.74 Å². The van der Waals surface area contributed by atoms with Crippen LogP contribution in [0.25, 0.3) is 0 Å². The number of hydrogen-bond acceptors (Lipinski definition) is 5. The lowest BCUT2D eigenvalue weighted by Crippen LogP contribution is -2.37. The number of nitrogens with zero attached hydrogens (tertiary/aromatic N) is 1. The molecule has 0 radical (unpaired) electrons. The van der Waals surface area contributed by atoms with Gasteiger partial charge in [-0.2, -0.15) is 4.31 Å². The summed E-state index contributed by atoms with van der Waals surface area (Å²) < 4.78 is 31.6. The van der Waals surface area contributed by atoms with Crippen molar-refractivity contribution in [3.63, 3.8) is 0 Å². The van der Waals surface area contributed by atoms with Gasteiger partial charge in [-0.3, -0.25) is 0 Å². The number of aliphatic hydroxyl groups excluding tert-OH is 1. The number of sulfonamides is 1. The molecule has 1 fully saturated rings. The van der Waals surface area contributed by atoms with E-state index in [-0.39, 0.29) is 22.8 Å². The van der Waals surface area contributed by atoms with Gasteiger partial charge in [-0.05, 0) is 31.0 Å². The summed E-state index contributed by atoms with van der Waals surface area (Å²) in [4.78, 5) is 10.8. The lowest BCUT2D eigenvalue weighted by molar-refractivity contribution is 0.0696. The number of hydrogen-bond donors (Lipinski definition) is 2. The van der Waals surface area contributed by atoms with Crippen LogP contribution in [0.5, 0.6) is 5.75 Å². The summed E-state index contributed by atoms with van der Waals surface area (Å²) in [6, 6.07) is 3.21. The third-order valence-corrected chi connectivity index (χ3v) is 5.50. The molecule has 1 saturated heterocycles. The van der Waals surface area contributed by atoms with Gasteiger partial charge in [0.15, 0.2) is 0 Å². The van der Waals surface area contributed by atoms with Gasteiger partial charge in [0.2, 0.25) is 10.0 Å². The highest BCUT2D eigenvalue weighted by atomic mass is 32.2. The molecule has 116 valence electrons. The van der Waals surface area contributed by atoms with Gasteiger partial charge < -0.3 is 14.9 Å². The van der Waals surface area contributed by atoms with Gasteiger partial charge in [0, 0.05) is 12.6 Å². The number of methoxy groups -OCH3 is 1. The number of benzene rings is 1. The van der Waals surface area contributed by atoms with Crippen LogP contribution in [0.3, 0.4) is 0 Å². The first-order valence-electron chi connectivity index (χ1n) is 6.46. The van der Waals surface area contributed by atoms with Crippen molar-refractivity contribution in [2.24, 2.45) is 0 Å². The minimum absolute atomic E-state index is 0.0867. The largest absolute Gasteiger partial charge is 0.495 e. The summed E-state index contributed by atoms with van der Waals surface area (Å²) in [6.07, 6.45) is 1.24. The van der Waals surface area contributed by atoms with Gasteiger partial charge in [-0.15, -0.1) is 0 Å². The average Bonchev–Trinajstić information content (AvgIpc) is 2.95. The molecule has 0 aliphatic carbocycles. The van der Waals surface area contributed by atoms with Crippen LogP contribution in [0, 0.1) is 0 Å². The second-order valence-corrected chi connectivity index (χ2v) is 6.62. The molecule has 1 aromatic carbocycles. The van der Waals surface area contributed by atoms with Crippen molar-refractivity contribution in [2.75, 3.05) is 20.3 Å². The van der Waals surface area contributed by atoms with Gasteiger partial charge in [-0.1, -0.05) is 0 Å². The first-order chi connectivity index (χ1) is 9.91. The molecular formula is C13H17NO6S. The fourth-order valence-corrected chi connectivity index (χ4v) is 4.31. The number of aromatic carboxylic acids is 1. The fourth-order valence-electron chi connectivity index (χ4n) is 2.45. The van der Waals surface area contributed by atoms with Crippen LogP contribution in [0.4, 0.5) is 0 Å². The van der Waals surface area contributed by atoms with E-state index in [0.29, 0.717) is 19.4 Å². The third-order valence-electron chi connectivity index (χ3n) is 3.53. The maximum absolute atomic E-state index is 12.7. The Kier molecular flexibility index (Phi) is 4.50. The molecule has 7 nitrogen and oxygen atoms in total. The Morgan fingerprint density at radius 3 is 2.76 bits per heavy atom. The lowest BCUT2D eigenvalue weighted by atomic mass is 10.2. The van der Waals surface area contributed by atoms with E-state index in [2.05, 4.69) is 0 Å². The molecule has 0 aromatic heterocycles. The lowest BCUT2D eigenvalue weighted by Gasteiger charge is -2.23. The molecule has 1 aliphatic heterocycles. The minimum atomic E-state index is -3.91. The molecule has 0 saturated carbocycles. The predicted molar refractivity (Wildman–Crippen MR) is 74.0 cm³/mol. The van der Waals surface area contributed by atoms with E-state index in [1.807, 2.05) is 0 Å². The van der Waals surface area contributed by atoms with Gasteiger partial charge >= 0.3 is 5.97 Å². The van der Waals surface area contributed by atoms with Gasteiger partial charge in [-0.25, -0.2) is 13.2 Å². The van der Waals surface area contributed by atoms with Crippen LogP contribution in [-0.4, -0.2) is 55.2 Å². The minimum Gasteiger partial charge on any atom is -0.495 e. The van der Waals surface area contributed by atoms with Gasteiger partial charge in [0.1, 0.15) is 10.6 Å². The molecule has 8 heteroatoms. The monoisotopic (exact) mass is 315 g/mol. The molecule has 1 aromatic rings. The van der Waals surface area contributed by atoms with Crippen molar-refractivity contribution in [1.29, 1.82) is 0 Å². The molecule has 2 N–H and O–H groups in total. The van der Waals surface area contributed by atoms with Crippen molar-refractivity contribution in [2.45, 2.75) is 23.8 Å². The second-order valence-electron chi connectivity index (χ2n) is 4.77. The van der Waals surface area contributed by atoms with Gasteiger partial charge in [0.25, 0.3) is 0 Å². The first-order valence-corrected chi connectivity index (χ1v) is 7.90. The predicted octanol–water partition coefficient (Wildman–Crippen LogP) is 0.539. The topological polar surface area (TPSA) is 104 Å². The summed E-state index contributed by atoms with van der Waals surface area (Å²) in [5.41, 5.74) is -0.130. The van der Waals surface area contributed by atoms with Gasteiger partial charge in [0.05, 0.1) is 19.3 Å². The molecule has 1 aliphatic rings. The maximum atomic E-state index is 12.7. The third kappa shape index (κ3) is 2.87. The Morgan fingerprint density at radius 2 is 2.19 bits per heavy atom. The zero-order chi connectivity index (χ0) is 15.6. The number of carbonyl (C=O) groups is 1. The molecule has 0 bridgehead atoms. The maximum Gasteiger partial charge on any atom is 0.335 e. The molecule has 1 unspecified atom stereocenters. The first kappa shape index (κ1) is 15.7. The SMILES string of the molecule is COc1ccc(C(=O)O)cc1S(=O)(=O)N1CCCC1CO. The second kappa shape index (κ2) is 6.00. The highest BCUT2D eigenvalue weighted by Crippen LogP contribution is 2.32. The van der Waals surface area contributed by atoms with Crippen molar-refractivity contribution in [3.8, 4) is 5.75 Å². The van der Waals surface area contributed by atoms with Crippen LogP contribution in [0.2, 0.25) is 0 Å². The molecule has 0 spiro atoms. The molecule has 2 rings (SSSR count). The summed E-state index contributed by atoms with van der Waals surface area (Å²) in [6.45, 7) is 0.0359. The van der Waals surface area contributed by atoms with Crippen molar-refractivity contribution < 1.29 is 28.2 Å². The molecule has 0 amide bonds. The van der Waals surface area contributed by atoms with Crippen LogP contribution in [0.15, 0.2) is 23.1 Å². The number of rotatable bonds is 5. The Balaban J connectivity index is 2.52. The summed E-state index contributed by atoms with van der Waals surface area (Å²) >= 11 is 0. The molecular weight excluding hydrogens is 298 g/mol. The van der Waals surface area contributed by atoms with Crippen molar-refractivity contribution in [3.05, 3.63) is 23.8 Å². The van der Waals surface area contributed by atoms with Crippen LogP contribution >= 0.6 is 0 Å². The highest BCUT2D eigenvalue weighted by molar-refractivity contribution is 7.89. The smallest absolute Gasteiger partial charge is 0.335 e. The molecule has 1 heterocycles. The zero-order valence-electron chi connectivity index (χ0n) is 11.5. The Labute approximate surface area is 122 Å². The number of carboxylic acid groups (broad SMARTS) is 1. The van der Waals surface area contributed by atoms with Crippen molar-refractivity contribution in [1.82, 2.24) is 4.31 Å². The average molecular weight is 315 g/mol. The summed E-state index contributed by atoms with van der Waals surface area (Å²) in [5, 5.41) is 18.3. The van der Waals surface area contributed by atoms with E-state index in [9.17, 15) is 18.3 Å². The van der Waals surface area contributed by atoms with E-state index in [0.717, 1.165) is 6.07 Å². The zero-order valence-corrected chi connectivity index (χ0v) is 12.3. The fraction of sp³-hybridized carbons (Fsp3) is 0.462. The molecule has 21 heavy (non-hydrogen) atoms. The summed E-state index contributed by atoms with van der Waals surface area (Å²) in [7, 11) is -2.59. The Bertz CT molecular complexity index is 642. The standard InChI is InChI=1S/C13H17NO6S/c1-20-11-5-4-9(13(16)17)7-12(11)21(18,19)14-6-2-3-10(14)8-15/h4-5,7,10,15H,2-3,6,8H2,1H3,(H,16,17). The summed E-state index contributed by atoms with van der Waals surface area (Å²) in [5.74, 6) is -1.13. The van der Waals surface area contributed by atoms with E-state index >= 15 is 0 Å². The molecule has 1 atom stereocenters. The quantitative estimate of drug-likeness (QED) is 0.822. The number of ether oxygens (including phenoxy) is 1. The number of aliphatic hydroxyl groups is 1.